The Balaban J connectivity index is 1.91. The molecular formula is C15H19NOS. The first-order valence-corrected chi connectivity index (χ1v) is 7.22. The first-order chi connectivity index (χ1) is 8.67. The summed E-state index contributed by atoms with van der Waals surface area (Å²) >= 11 is 1.64. The topological polar surface area (TPSA) is 33.1 Å². The minimum Gasteiger partial charge on any atom is -0.392 e. The van der Waals surface area contributed by atoms with E-state index < -0.39 is 0 Å². The molecule has 2 nitrogen and oxygen atoms in total. The van der Waals surface area contributed by atoms with Gasteiger partial charge in [0, 0.05) is 11.8 Å². The third kappa shape index (κ3) is 3.65. The van der Waals surface area contributed by atoms with Gasteiger partial charge in [-0.3, -0.25) is 0 Å². The molecule has 0 aliphatic carbocycles. The summed E-state index contributed by atoms with van der Waals surface area (Å²) < 4.78 is 0. The largest absolute Gasteiger partial charge is 0.392 e. The smallest absolute Gasteiger partial charge is 0.0897 e. The van der Waals surface area contributed by atoms with Gasteiger partial charge >= 0.3 is 0 Å². The van der Waals surface area contributed by atoms with Crippen molar-refractivity contribution in [2.24, 2.45) is 0 Å². The molecule has 0 saturated heterocycles. The number of thiazole rings is 1. The van der Waals surface area contributed by atoms with Crippen molar-refractivity contribution < 1.29 is 5.11 Å². The minimum atomic E-state index is -0.348. The molecule has 1 unspecified atom stereocenters. The molecule has 2 rings (SSSR count). The molecule has 1 aromatic carbocycles. The Morgan fingerprint density at radius 1 is 1.17 bits per heavy atom. The summed E-state index contributed by atoms with van der Waals surface area (Å²) in [5.41, 5.74) is 3.52. The van der Waals surface area contributed by atoms with Crippen LogP contribution >= 0.6 is 11.3 Å². The molecule has 0 radical (unpaired) electrons. The summed E-state index contributed by atoms with van der Waals surface area (Å²) in [5, 5.41) is 13.1. The van der Waals surface area contributed by atoms with Crippen molar-refractivity contribution in [3.63, 3.8) is 0 Å². The molecule has 3 heteroatoms. The second-order valence-corrected chi connectivity index (χ2v) is 5.65. The Morgan fingerprint density at radius 3 is 2.39 bits per heavy atom. The van der Waals surface area contributed by atoms with Crippen molar-refractivity contribution in [3.05, 3.63) is 51.5 Å². The summed E-state index contributed by atoms with van der Waals surface area (Å²) in [7, 11) is 0. The maximum atomic E-state index is 10.1. The van der Waals surface area contributed by atoms with Crippen LogP contribution in [0.15, 0.2) is 29.6 Å². The standard InChI is InChI=1S/C15H19NOS/c1-3-12-4-6-13(7-5-12)8-15(17)9-14-10-18-11(2)16-14/h4-7,10,15,17H,3,8-9H2,1-2H3. The number of rotatable bonds is 5. The Morgan fingerprint density at radius 2 is 1.83 bits per heavy atom. The van der Waals surface area contributed by atoms with Gasteiger partial charge in [0.2, 0.25) is 0 Å². The predicted molar refractivity (Wildman–Crippen MR) is 76.1 cm³/mol. The molecule has 1 heterocycles. The van der Waals surface area contributed by atoms with Gasteiger partial charge in [-0.25, -0.2) is 4.98 Å². The number of aliphatic hydroxyl groups is 1. The third-order valence-corrected chi connectivity index (χ3v) is 3.84. The van der Waals surface area contributed by atoms with Gasteiger partial charge in [0.25, 0.3) is 0 Å². The summed E-state index contributed by atoms with van der Waals surface area (Å²) in [5.74, 6) is 0. The lowest BCUT2D eigenvalue weighted by Gasteiger charge is -2.09. The molecule has 0 spiro atoms. The van der Waals surface area contributed by atoms with Crippen molar-refractivity contribution in [1.82, 2.24) is 4.98 Å². The average molecular weight is 261 g/mol. The average Bonchev–Trinajstić information content (AvgIpc) is 2.75. The van der Waals surface area contributed by atoms with E-state index >= 15 is 0 Å². The van der Waals surface area contributed by atoms with Crippen LogP contribution in [-0.4, -0.2) is 16.2 Å². The molecule has 0 aliphatic heterocycles. The van der Waals surface area contributed by atoms with E-state index in [0.29, 0.717) is 12.8 Å². The Kier molecular flexibility index (Phi) is 4.50. The van der Waals surface area contributed by atoms with Gasteiger partial charge in [0.15, 0.2) is 0 Å². The molecule has 0 aliphatic rings. The van der Waals surface area contributed by atoms with Crippen LogP contribution in [0.3, 0.4) is 0 Å². The number of aryl methyl sites for hydroxylation is 2. The van der Waals surface area contributed by atoms with E-state index in [1.807, 2.05) is 12.3 Å². The van der Waals surface area contributed by atoms with Crippen LogP contribution < -0.4 is 0 Å². The maximum Gasteiger partial charge on any atom is 0.0897 e. The quantitative estimate of drug-likeness (QED) is 0.897. The fraction of sp³-hybridized carbons (Fsp3) is 0.400. The first kappa shape index (κ1) is 13.2. The molecule has 0 amide bonds. The van der Waals surface area contributed by atoms with Gasteiger partial charge in [-0.05, 0) is 30.9 Å². The van der Waals surface area contributed by atoms with Crippen LogP contribution in [0.4, 0.5) is 0 Å². The van der Waals surface area contributed by atoms with Crippen LogP contribution in [0.1, 0.15) is 28.8 Å². The molecule has 2 aromatic rings. The number of nitrogens with zero attached hydrogens (tertiary/aromatic N) is 1. The minimum absolute atomic E-state index is 0.348. The lowest BCUT2D eigenvalue weighted by molar-refractivity contribution is 0.174. The van der Waals surface area contributed by atoms with Crippen molar-refractivity contribution in [1.29, 1.82) is 0 Å². The molecule has 0 saturated carbocycles. The monoisotopic (exact) mass is 261 g/mol. The normalized spacial score (nSPS) is 12.6. The zero-order valence-corrected chi connectivity index (χ0v) is 11.7. The highest BCUT2D eigenvalue weighted by Crippen LogP contribution is 2.13. The lowest BCUT2D eigenvalue weighted by atomic mass is 10.0. The van der Waals surface area contributed by atoms with E-state index in [1.165, 1.54) is 11.1 Å². The number of hydrogen-bond donors (Lipinski definition) is 1. The second-order valence-electron chi connectivity index (χ2n) is 4.59. The van der Waals surface area contributed by atoms with Crippen LogP contribution in [0.2, 0.25) is 0 Å². The molecule has 0 fully saturated rings. The van der Waals surface area contributed by atoms with Crippen LogP contribution in [0.25, 0.3) is 0 Å². The van der Waals surface area contributed by atoms with Crippen LogP contribution in [0.5, 0.6) is 0 Å². The Hall–Kier alpha value is -1.19. The highest BCUT2D eigenvalue weighted by molar-refractivity contribution is 7.09. The summed E-state index contributed by atoms with van der Waals surface area (Å²) in [6.07, 6.45) is 2.04. The molecule has 0 bridgehead atoms. The van der Waals surface area contributed by atoms with Crippen molar-refractivity contribution in [2.75, 3.05) is 0 Å². The summed E-state index contributed by atoms with van der Waals surface area (Å²) in [6.45, 7) is 4.14. The maximum absolute atomic E-state index is 10.1. The van der Waals surface area contributed by atoms with Crippen molar-refractivity contribution in [3.8, 4) is 0 Å². The lowest BCUT2D eigenvalue weighted by Crippen LogP contribution is -2.14. The molecule has 1 atom stereocenters. The van der Waals surface area contributed by atoms with Gasteiger partial charge in [0.05, 0.1) is 16.8 Å². The number of aliphatic hydroxyl groups excluding tert-OH is 1. The summed E-state index contributed by atoms with van der Waals surface area (Å²) in [6, 6.07) is 8.48. The number of hydrogen-bond acceptors (Lipinski definition) is 3. The van der Waals surface area contributed by atoms with E-state index in [4.69, 9.17) is 0 Å². The fourth-order valence-corrected chi connectivity index (χ4v) is 2.62. The van der Waals surface area contributed by atoms with Gasteiger partial charge in [-0.1, -0.05) is 31.2 Å². The van der Waals surface area contributed by atoms with Crippen molar-refractivity contribution in [2.45, 2.75) is 39.2 Å². The molecule has 96 valence electrons. The highest BCUT2D eigenvalue weighted by Gasteiger charge is 2.09. The molecule has 1 N–H and O–H groups in total. The van der Waals surface area contributed by atoms with Gasteiger partial charge in [-0.15, -0.1) is 11.3 Å². The number of aromatic nitrogens is 1. The third-order valence-electron chi connectivity index (χ3n) is 3.01. The second kappa shape index (κ2) is 6.12. The summed E-state index contributed by atoms with van der Waals surface area (Å²) in [4.78, 5) is 4.38. The van der Waals surface area contributed by atoms with Gasteiger partial charge in [0.1, 0.15) is 0 Å². The van der Waals surface area contributed by atoms with E-state index in [2.05, 4.69) is 36.2 Å². The van der Waals surface area contributed by atoms with Gasteiger partial charge in [-0.2, -0.15) is 0 Å². The van der Waals surface area contributed by atoms with E-state index in [-0.39, 0.29) is 6.10 Å². The zero-order valence-electron chi connectivity index (χ0n) is 10.9. The molecule has 18 heavy (non-hydrogen) atoms. The van der Waals surface area contributed by atoms with E-state index in [9.17, 15) is 5.11 Å². The SMILES string of the molecule is CCc1ccc(CC(O)Cc2csc(C)n2)cc1. The van der Waals surface area contributed by atoms with E-state index in [0.717, 1.165) is 17.1 Å². The predicted octanol–water partition coefficient (Wildman–Crippen LogP) is 3.16. The Labute approximate surface area is 112 Å². The zero-order chi connectivity index (χ0) is 13.0. The molecular weight excluding hydrogens is 242 g/mol. The van der Waals surface area contributed by atoms with E-state index in [1.54, 1.807) is 11.3 Å². The molecule has 1 aromatic heterocycles. The highest BCUT2D eigenvalue weighted by atomic mass is 32.1. The first-order valence-electron chi connectivity index (χ1n) is 6.34. The Bertz CT molecular complexity index is 489. The fourth-order valence-electron chi connectivity index (χ4n) is 2.00. The van der Waals surface area contributed by atoms with Gasteiger partial charge < -0.3 is 5.11 Å². The van der Waals surface area contributed by atoms with Crippen LogP contribution in [-0.2, 0) is 19.3 Å². The number of benzene rings is 1. The van der Waals surface area contributed by atoms with Crippen LogP contribution in [0, 0.1) is 6.92 Å². The van der Waals surface area contributed by atoms with Crippen molar-refractivity contribution >= 4 is 11.3 Å².